The molecule has 2 atom stereocenters. The third-order valence-corrected chi connectivity index (χ3v) is 3.70. The van der Waals surface area contributed by atoms with Gasteiger partial charge in [-0.25, -0.2) is 4.98 Å². The van der Waals surface area contributed by atoms with Gasteiger partial charge in [0.1, 0.15) is 5.82 Å². The second-order valence-electron chi connectivity index (χ2n) is 5.24. The van der Waals surface area contributed by atoms with Gasteiger partial charge in [0, 0.05) is 0 Å². The van der Waals surface area contributed by atoms with Gasteiger partial charge in [-0.1, -0.05) is 50.6 Å². The second kappa shape index (κ2) is 7.04. The SMILES string of the molecule is CCC(C)C(N)C(=O)NCc1ncc(-c2ccccc2)[nH]1. The highest BCUT2D eigenvalue weighted by atomic mass is 16.2. The van der Waals surface area contributed by atoms with E-state index >= 15 is 0 Å². The van der Waals surface area contributed by atoms with Crippen LogP contribution in [0, 0.1) is 5.92 Å². The summed E-state index contributed by atoms with van der Waals surface area (Å²) in [6.45, 7) is 4.36. The second-order valence-corrected chi connectivity index (χ2v) is 5.24. The third-order valence-electron chi connectivity index (χ3n) is 3.70. The highest BCUT2D eigenvalue weighted by Crippen LogP contribution is 2.15. The predicted octanol–water partition coefficient (Wildman–Crippen LogP) is 2.07. The van der Waals surface area contributed by atoms with E-state index < -0.39 is 6.04 Å². The first-order valence-corrected chi connectivity index (χ1v) is 7.24. The molecule has 0 fully saturated rings. The summed E-state index contributed by atoms with van der Waals surface area (Å²) in [5.41, 5.74) is 7.89. The Morgan fingerprint density at radius 2 is 2.10 bits per heavy atom. The zero-order valence-electron chi connectivity index (χ0n) is 12.5. The van der Waals surface area contributed by atoms with Gasteiger partial charge in [0.2, 0.25) is 5.91 Å². The van der Waals surface area contributed by atoms with Gasteiger partial charge in [-0.2, -0.15) is 0 Å². The number of aromatic amines is 1. The maximum absolute atomic E-state index is 11.9. The van der Waals surface area contributed by atoms with Crippen LogP contribution in [0.1, 0.15) is 26.1 Å². The van der Waals surface area contributed by atoms with Gasteiger partial charge in [0.15, 0.2) is 0 Å². The van der Waals surface area contributed by atoms with Gasteiger partial charge < -0.3 is 16.0 Å². The fourth-order valence-corrected chi connectivity index (χ4v) is 2.02. The van der Waals surface area contributed by atoms with Crippen LogP contribution in [-0.4, -0.2) is 21.9 Å². The monoisotopic (exact) mass is 286 g/mol. The number of rotatable bonds is 6. The van der Waals surface area contributed by atoms with Crippen LogP contribution in [0.5, 0.6) is 0 Å². The predicted molar refractivity (Wildman–Crippen MR) is 83.3 cm³/mol. The van der Waals surface area contributed by atoms with Crippen molar-refractivity contribution in [3.63, 3.8) is 0 Å². The smallest absolute Gasteiger partial charge is 0.237 e. The summed E-state index contributed by atoms with van der Waals surface area (Å²) < 4.78 is 0. The third kappa shape index (κ3) is 3.92. The van der Waals surface area contributed by atoms with Crippen LogP contribution in [0.3, 0.4) is 0 Å². The normalized spacial score (nSPS) is 13.7. The topological polar surface area (TPSA) is 83.8 Å². The van der Waals surface area contributed by atoms with Crippen LogP contribution in [0.4, 0.5) is 0 Å². The van der Waals surface area contributed by atoms with Crippen LogP contribution < -0.4 is 11.1 Å². The molecule has 1 aromatic heterocycles. The van der Waals surface area contributed by atoms with Crippen molar-refractivity contribution in [3.8, 4) is 11.3 Å². The molecule has 4 N–H and O–H groups in total. The molecule has 0 aliphatic heterocycles. The molecule has 112 valence electrons. The van der Waals surface area contributed by atoms with E-state index in [1.165, 1.54) is 0 Å². The first-order chi connectivity index (χ1) is 10.1. The van der Waals surface area contributed by atoms with Crippen molar-refractivity contribution in [1.29, 1.82) is 0 Å². The molecule has 0 bridgehead atoms. The van der Waals surface area contributed by atoms with E-state index in [0.29, 0.717) is 6.54 Å². The van der Waals surface area contributed by atoms with Crippen molar-refractivity contribution in [2.45, 2.75) is 32.9 Å². The van der Waals surface area contributed by atoms with E-state index in [-0.39, 0.29) is 11.8 Å². The molecule has 2 rings (SSSR count). The highest BCUT2D eigenvalue weighted by Gasteiger charge is 2.19. The standard InChI is InChI=1S/C16H22N4O/c1-3-11(2)15(17)16(21)19-10-14-18-9-13(20-14)12-7-5-4-6-8-12/h4-9,11,15H,3,10,17H2,1-2H3,(H,18,20)(H,19,21). The number of hydrogen-bond donors (Lipinski definition) is 3. The van der Waals surface area contributed by atoms with E-state index in [9.17, 15) is 4.79 Å². The van der Waals surface area contributed by atoms with Gasteiger partial charge in [0.05, 0.1) is 24.5 Å². The molecule has 5 heteroatoms. The number of H-pyrrole nitrogens is 1. The number of nitrogens with two attached hydrogens (primary N) is 1. The quantitative estimate of drug-likeness (QED) is 0.760. The van der Waals surface area contributed by atoms with Crippen molar-refractivity contribution >= 4 is 5.91 Å². The summed E-state index contributed by atoms with van der Waals surface area (Å²) in [5, 5.41) is 2.82. The molecule has 1 aromatic carbocycles. The molecule has 0 aliphatic carbocycles. The molecular weight excluding hydrogens is 264 g/mol. The molecule has 0 radical (unpaired) electrons. The maximum Gasteiger partial charge on any atom is 0.237 e. The number of carbonyl (C=O) groups is 1. The van der Waals surface area contributed by atoms with E-state index in [1.807, 2.05) is 44.2 Å². The highest BCUT2D eigenvalue weighted by molar-refractivity contribution is 5.81. The average Bonchev–Trinajstić information content (AvgIpc) is 3.01. The fourth-order valence-electron chi connectivity index (χ4n) is 2.02. The minimum atomic E-state index is -0.474. The lowest BCUT2D eigenvalue weighted by Gasteiger charge is -2.17. The van der Waals surface area contributed by atoms with Gasteiger partial charge in [-0.15, -0.1) is 0 Å². The number of carbonyl (C=O) groups excluding carboxylic acids is 1. The largest absolute Gasteiger partial charge is 0.348 e. The Morgan fingerprint density at radius 3 is 2.76 bits per heavy atom. The maximum atomic E-state index is 11.9. The Bertz CT molecular complexity index is 579. The number of nitrogens with one attached hydrogen (secondary N) is 2. The zero-order chi connectivity index (χ0) is 15.2. The summed E-state index contributed by atoms with van der Waals surface area (Å²) in [6.07, 6.45) is 2.65. The molecule has 1 heterocycles. The molecule has 2 aromatic rings. The molecular formula is C16H22N4O. The van der Waals surface area contributed by atoms with Crippen molar-refractivity contribution in [3.05, 3.63) is 42.4 Å². The summed E-state index contributed by atoms with van der Waals surface area (Å²) >= 11 is 0. The molecule has 0 spiro atoms. The minimum absolute atomic E-state index is 0.137. The Hall–Kier alpha value is -2.14. The number of aromatic nitrogens is 2. The molecule has 1 amide bonds. The Morgan fingerprint density at radius 1 is 1.38 bits per heavy atom. The summed E-state index contributed by atoms with van der Waals surface area (Å²) in [4.78, 5) is 19.4. The van der Waals surface area contributed by atoms with E-state index in [0.717, 1.165) is 23.5 Å². The van der Waals surface area contributed by atoms with Crippen molar-refractivity contribution < 1.29 is 4.79 Å². The molecule has 0 saturated heterocycles. The number of nitrogens with zero attached hydrogens (tertiary/aromatic N) is 1. The summed E-state index contributed by atoms with van der Waals surface area (Å²) in [6, 6.07) is 9.46. The lowest BCUT2D eigenvalue weighted by atomic mass is 9.99. The van der Waals surface area contributed by atoms with Crippen LogP contribution in [0.15, 0.2) is 36.5 Å². The number of hydrogen-bond acceptors (Lipinski definition) is 3. The Balaban J connectivity index is 1.93. The first kappa shape index (κ1) is 15.3. The minimum Gasteiger partial charge on any atom is -0.348 e. The number of amides is 1. The van der Waals surface area contributed by atoms with Crippen LogP contribution in [-0.2, 0) is 11.3 Å². The zero-order valence-corrected chi connectivity index (χ0v) is 12.5. The number of benzene rings is 1. The van der Waals surface area contributed by atoms with Crippen molar-refractivity contribution in [2.75, 3.05) is 0 Å². The Kier molecular flexibility index (Phi) is 5.11. The van der Waals surface area contributed by atoms with Crippen LogP contribution >= 0.6 is 0 Å². The van der Waals surface area contributed by atoms with Crippen LogP contribution in [0.2, 0.25) is 0 Å². The van der Waals surface area contributed by atoms with E-state index in [2.05, 4.69) is 15.3 Å². The van der Waals surface area contributed by atoms with E-state index in [4.69, 9.17) is 5.73 Å². The lowest BCUT2D eigenvalue weighted by molar-refractivity contribution is -0.123. The molecule has 2 unspecified atom stereocenters. The molecule has 0 saturated carbocycles. The van der Waals surface area contributed by atoms with Gasteiger partial charge >= 0.3 is 0 Å². The lowest BCUT2D eigenvalue weighted by Crippen LogP contribution is -2.44. The van der Waals surface area contributed by atoms with Crippen molar-refractivity contribution in [2.24, 2.45) is 11.7 Å². The number of imidazole rings is 1. The van der Waals surface area contributed by atoms with Gasteiger partial charge in [0.25, 0.3) is 0 Å². The first-order valence-electron chi connectivity index (χ1n) is 7.24. The Labute approximate surface area is 125 Å². The summed E-state index contributed by atoms with van der Waals surface area (Å²) in [7, 11) is 0. The molecule has 0 aliphatic rings. The van der Waals surface area contributed by atoms with Gasteiger partial charge in [-0.3, -0.25) is 4.79 Å². The fraction of sp³-hybridized carbons (Fsp3) is 0.375. The summed E-state index contributed by atoms with van der Waals surface area (Å²) in [5.74, 6) is 0.752. The molecule has 5 nitrogen and oxygen atoms in total. The van der Waals surface area contributed by atoms with E-state index in [1.54, 1.807) is 6.20 Å². The average molecular weight is 286 g/mol. The van der Waals surface area contributed by atoms with Crippen molar-refractivity contribution in [1.82, 2.24) is 15.3 Å². The van der Waals surface area contributed by atoms with Crippen LogP contribution in [0.25, 0.3) is 11.3 Å². The molecule has 21 heavy (non-hydrogen) atoms. The van der Waals surface area contributed by atoms with Gasteiger partial charge in [-0.05, 0) is 11.5 Å².